The van der Waals surface area contributed by atoms with E-state index in [2.05, 4.69) is 18.3 Å². The summed E-state index contributed by atoms with van der Waals surface area (Å²) in [5, 5.41) is 13.0. The molecule has 20 heavy (non-hydrogen) atoms. The van der Waals surface area contributed by atoms with Crippen LogP contribution in [0.4, 0.5) is 0 Å². The van der Waals surface area contributed by atoms with Crippen LogP contribution in [0.1, 0.15) is 24.1 Å². The van der Waals surface area contributed by atoms with Crippen LogP contribution in [0.5, 0.6) is 11.5 Å². The third-order valence-electron chi connectivity index (χ3n) is 3.74. The predicted molar refractivity (Wildman–Crippen MR) is 79.1 cm³/mol. The Kier molecular flexibility index (Phi) is 3.61. The fourth-order valence-electron chi connectivity index (χ4n) is 2.59. The Bertz CT molecular complexity index is 572. The quantitative estimate of drug-likeness (QED) is 0.896. The molecule has 1 aliphatic heterocycles. The second kappa shape index (κ2) is 5.55. The van der Waals surface area contributed by atoms with E-state index >= 15 is 0 Å². The first kappa shape index (κ1) is 13.0. The van der Waals surface area contributed by atoms with Gasteiger partial charge >= 0.3 is 0 Å². The van der Waals surface area contributed by atoms with Crippen LogP contribution in [0, 0.1) is 0 Å². The highest BCUT2D eigenvalue weighted by molar-refractivity contribution is 5.37. The molecule has 2 atom stereocenters. The Hall–Kier alpha value is -2.00. The summed E-state index contributed by atoms with van der Waals surface area (Å²) in [6.45, 7) is 2.89. The van der Waals surface area contributed by atoms with Crippen molar-refractivity contribution < 1.29 is 9.84 Å². The van der Waals surface area contributed by atoms with Crippen molar-refractivity contribution in [2.45, 2.75) is 25.5 Å². The highest BCUT2D eigenvalue weighted by atomic mass is 16.5. The third kappa shape index (κ3) is 2.78. The number of nitrogens with one attached hydrogen (secondary N) is 1. The molecule has 0 fully saturated rings. The van der Waals surface area contributed by atoms with Crippen molar-refractivity contribution in [1.82, 2.24) is 5.32 Å². The molecule has 3 heteroatoms. The molecule has 3 nitrogen and oxygen atoms in total. The van der Waals surface area contributed by atoms with E-state index in [1.54, 1.807) is 12.1 Å². The second-order valence-corrected chi connectivity index (χ2v) is 5.28. The van der Waals surface area contributed by atoms with Gasteiger partial charge in [-0.15, -0.1) is 0 Å². The van der Waals surface area contributed by atoms with Crippen LogP contribution < -0.4 is 10.1 Å². The summed E-state index contributed by atoms with van der Waals surface area (Å²) in [6, 6.07) is 15.7. The molecule has 1 aliphatic rings. The zero-order valence-corrected chi connectivity index (χ0v) is 11.5. The summed E-state index contributed by atoms with van der Waals surface area (Å²) in [5.74, 6) is 1.31. The lowest BCUT2D eigenvalue weighted by Gasteiger charge is -2.17. The van der Waals surface area contributed by atoms with E-state index in [4.69, 9.17) is 4.74 Å². The summed E-state index contributed by atoms with van der Waals surface area (Å²) >= 11 is 0. The molecule has 0 bridgehead atoms. The monoisotopic (exact) mass is 269 g/mol. The zero-order valence-electron chi connectivity index (χ0n) is 11.5. The molecule has 1 heterocycles. The number of hydrogen-bond donors (Lipinski definition) is 2. The van der Waals surface area contributed by atoms with Gasteiger partial charge in [0.15, 0.2) is 0 Å². The maximum Gasteiger partial charge on any atom is 0.123 e. The van der Waals surface area contributed by atoms with E-state index in [0.717, 1.165) is 24.3 Å². The minimum atomic E-state index is 0.187. The number of ether oxygens (including phenoxy) is 1. The van der Waals surface area contributed by atoms with Gasteiger partial charge in [0.2, 0.25) is 0 Å². The molecule has 3 rings (SSSR count). The van der Waals surface area contributed by atoms with Crippen molar-refractivity contribution in [3.63, 3.8) is 0 Å². The Morgan fingerprint density at radius 2 is 2.10 bits per heavy atom. The summed E-state index contributed by atoms with van der Waals surface area (Å²) in [4.78, 5) is 0. The first-order valence-electron chi connectivity index (χ1n) is 6.99. The van der Waals surface area contributed by atoms with Gasteiger partial charge in [-0.05, 0) is 36.2 Å². The zero-order chi connectivity index (χ0) is 13.9. The van der Waals surface area contributed by atoms with Gasteiger partial charge in [-0.1, -0.05) is 30.3 Å². The summed E-state index contributed by atoms with van der Waals surface area (Å²) in [7, 11) is 0. The first-order chi connectivity index (χ1) is 9.72. The van der Waals surface area contributed by atoms with E-state index in [0.29, 0.717) is 5.75 Å². The number of hydrogen-bond acceptors (Lipinski definition) is 3. The Labute approximate surface area is 119 Å². The minimum Gasteiger partial charge on any atom is -0.508 e. The molecule has 0 spiro atoms. The average Bonchev–Trinajstić information content (AvgIpc) is 2.87. The van der Waals surface area contributed by atoms with Crippen molar-refractivity contribution in [2.24, 2.45) is 0 Å². The van der Waals surface area contributed by atoms with E-state index in [9.17, 15) is 5.11 Å². The van der Waals surface area contributed by atoms with Crippen molar-refractivity contribution in [3.8, 4) is 11.5 Å². The van der Waals surface area contributed by atoms with Gasteiger partial charge in [-0.2, -0.15) is 0 Å². The molecule has 0 saturated carbocycles. The predicted octanol–water partition coefficient (Wildman–Crippen LogP) is 3.05. The van der Waals surface area contributed by atoms with Gasteiger partial charge in [0.05, 0.1) is 0 Å². The Morgan fingerprint density at radius 3 is 2.90 bits per heavy atom. The van der Waals surface area contributed by atoms with Crippen LogP contribution in [-0.2, 0) is 6.42 Å². The molecule has 2 aromatic rings. The average molecular weight is 269 g/mol. The fourth-order valence-corrected chi connectivity index (χ4v) is 2.59. The first-order valence-corrected chi connectivity index (χ1v) is 6.99. The Morgan fingerprint density at radius 1 is 1.25 bits per heavy atom. The summed E-state index contributed by atoms with van der Waals surface area (Å²) in [5.41, 5.74) is 2.37. The fraction of sp³-hybridized carbons (Fsp3) is 0.294. The van der Waals surface area contributed by atoms with Gasteiger partial charge in [0.1, 0.15) is 17.6 Å². The van der Waals surface area contributed by atoms with Crippen LogP contribution in [-0.4, -0.2) is 17.8 Å². The van der Waals surface area contributed by atoms with Crippen molar-refractivity contribution in [1.29, 1.82) is 0 Å². The lowest BCUT2D eigenvalue weighted by atomic mass is 10.1. The van der Waals surface area contributed by atoms with Gasteiger partial charge in [0, 0.05) is 19.0 Å². The van der Waals surface area contributed by atoms with Crippen molar-refractivity contribution in [2.75, 3.05) is 6.54 Å². The highest BCUT2D eigenvalue weighted by Crippen LogP contribution is 2.28. The van der Waals surface area contributed by atoms with Crippen LogP contribution in [0.15, 0.2) is 48.5 Å². The number of rotatable bonds is 4. The van der Waals surface area contributed by atoms with Crippen molar-refractivity contribution in [3.05, 3.63) is 59.7 Å². The number of aromatic hydroxyl groups is 1. The Balaban J connectivity index is 1.56. The molecule has 0 saturated heterocycles. The smallest absolute Gasteiger partial charge is 0.123 e. The molecule has 104 valence electrons. The van der Waals surface area contributed by atoms with Gasteiger partial charge in [-0.3, -0.25) is 0 Å². The molecule has 2 aromatic carbocycles. The van der Waals surface area contributed by atoms with Crippen LogP contribution in [0.2, 0.25) is 0 Å². The maximum atomic E-state index is 9.51. The van der Waals surface area contributed by atoms with E-state index in [-0.39, 0.29) is 12.1 Å². The molecular weight excluding hydrogens is 250 g/mol. The molecule has 0 aliphatic carbocycles. The lowest BCUT2D eigenvalue weighted by Crippen LogP contribution is -2.31. The normalized spacial score (nSPS) is 18.4. The molecule has 0 radical (unpaired) electrons. The van der Waals surface area contributed by atoms with Crippen LogP contribution >= 0.6 is 0 Å². The molecule has 2 N–H and O–H groups in total. The van der Waals surface area contributed by atoms with Gasteiger partial charge < -0.3 is 15.2 Å². The minimum absolute atomic E-state index is 0.187. The van der Waals surface area contributed by atoms with E-state index < -0.39 is 0 Å². The topological polar surface area (TPSA) is 41.5 Å². The summed E-state index contributed by atoms with van der Waals surface area (Å²) < 4.78 is 5.91. The van der Waals surface area contributed by atoms with Crippen LogP contribution in [0.25, 0.3) is 0 Å². The number of phenols is 1. The SMILES string of the molecule is CC(NCC1Cc2ccccc2O1)c1cccc(O)c1. The maximum absolute atomic E-state index is 9.51. The number of para-hydroxylation sites is 1. The largest absolute Gasteiger partial charge is 0.508 e. The number of benzene rings is 2. The van der Waals surface area contributed by atoms with Gasteiger partial charge in [-0.25, -0.2) is 0 Å². The highest BCUT2D eigenvalue weighted by Gasteiger charge is 2.22. The van der Waals surface area contributed by atoms with E-state index in [1.165, 1.54) is 5.56 Å². The van der Waals surface area contributed by atoms with Crippen LogP contribution in [0.3, 0.4) is 0 Å². The third-order valence-corrected chi connectivity index (χ3v) is 3.74. The summed E-state index contributed by atoms with van der Waals surface area (Å²) in [6.07, 6.45) is 1.14. The molecule has 0 aromatic heterocycles. The molecular formula is C17H19NO2. The number of phenolic OH excluding ortho intramolecular Hbond substituents is 1. The lowest BCUT2D eigenvalue weighted by molar-refractivity contribution is 0.222. The molecule has 2 unspecified atom stereocenters. The van der Waals surface area contributed by atoms with Crippen molar-refractivity contribution >= 4 is 0 Å². The molecule has 0 amide bonds. The second-order valence-electron chi connectivity index (χ2n) is 5.28. The van der Waals surface area contributed by atoms with Gasteiger partial charge in [0.25, 0.3) is 0 Å². The van der Waals surface area contributed by atoms with E-state index in [1.807, 2.05) is 30.3 Å². The standard InChI is InChI=1S/C17H19NO2/c1-12(13-6-4-7-15(19)9-13)18-11-16-10-14-5-2-3-8-17(14)20-16/h2-9,12,16,18-19H,10-11H2,1H3. The number of fused-ring (bicyclic) bond motifs is 1.